The minimum atomic E-state index is -1.30. The maximum absolute atomic E-state index is 13.3. The van der Waals surface area contributed by atoms with Crippen LogP contribution in [0.1, 0.15) is 12.5 Å². The molecule has 3 heterocycles. The number of rotatable bonds is 4. The first-order valence-electron chi connectivity index (χ1n) is 11.2. The van der Waals surface area contributed by atoms with Gasteiger partial charge in [0.1, 0.15) is 25.3 Å². The van der Waals surface area contributed by atoms with E-state index in [0.717, 1.165) is 10.6 Å². The van der Waals surface area contributed by atoms with E-state index in [2.05, 4.69) is 10.2 Å². The predicted molar refractivity (Wildman–Crippen MR) is 125 cm³/mol. The molecule has 0 bridgehead atoms. The van der Waals surface area contributed by atoms with Gasteiger partial charge in [-0.15, -0.1) is 0 Å². The van der Waals surface area contributed by atoms with E-state index in [1.807, 2.05) is 24.3 Å². The number of nitrogens with one attached hydrogen (secondary N) is 1. The molecule has 0 spiro atoms. The van der Waals surface area contributed by atoms with Crippen LogP contribution in [0.2, 0.25) is 5.02 Å². The normalized spacial score (nSPS) is 22.1. The number of halogens is 1. The summed E-state index contributed by atoms with van der Waals surface area (Å²) in [4.78, 5) is 43.7. The van der Waals surface area contributed by atoms with Crippen molar-refractivity contribution in [2.75, 3.05) is 50.8 Å². The van der Waals surface area contributed by atoms with Crippen LogP contribution in [0.5, 0.6) is 11.5 Å². The molecule has 2 saturated heterocycles. The molecule has 10 heteroatoms. The van der Waals surface area contributed by atoms with Gasteiger partial charge in [0.05, 0.1) is 10.7 Å². The molecule has 0 aromatic heterocycles. The van der Waals surface area contributed by atoms with E-state index in [0.29, 0.717) is 61.5 Å². The number of imide groups is 1. The van der Waals surface area contributed by atoms with Crippen molar-refractivity contribution in [2.45, 2.75) is 12.5 Å². The van der Waals surface area contributed by atoms with Crippen LogP contribution in [-0.2, 0) is 15.1 Å². The monoisotopic (exact) mass is 484 g/mol. The summed E-state index contributed by atoms with van der Waals surface area (Å²) in [7, 11) is 0. The molecule has 1 N–H and O–H groups in total. The highest BCUT2D eigenvalue weighted by Crippen LogP contribution is 2.37. The Morgan fingerprint density at radius 3 is 2.47 bits per heavy atom. The molecule has 34 heavy (non-hydrogen) atoms. The van der Waals surface area contributed by atoms with Crippen LogP contribution in [-0.4, -0.2) is 73.6 Å². The van der Waals surface area contributed by atoms with Gasteiger partial charge in [0.25, 0.3) is 5.91 Å². The molecular formula is C24H25ClN4O5. The summed E-state index contributed by atoms with van der Waals surface area (Å²) >= 11 is 6.29. The number of carbonyl (C=O) groups excluding carboxylic acids is 3. The SMILES string of the molecule is CC1(c2ccc3c(c2)OCCO3)NC(=O)N(CC(=O)N2CCN(c3ccccc3Cl)CC2)C1=O. The molecule has 3 aliphatic rings. The Bertz CT molecular complexity index is 1150. The van der Waals surface area contributed by atoms with Gasteiger partial charge in [0, 0.05) is 26.2 Å². The zero-order valence-electron chi connectivity index (χ0n) is 18.8. The van der Waals surface area contributed by atoms with Crippen molar-refractivity contribution < 1.29 is 23.9 Å². The molecule has 2 aromatic rings. The van der Waals surface area contributed by atoms with E-state index in [-0.39, 0.29) is 12.5 Å². The summed E-state index contributed by atoms with van der Waals surface area (Å²) in [5.74, 6) is 0.377. The molecule has 0 saturated carbocycles. The average Bonchev–Trinajstić information content (AvgIpc) is 3.08. The number of fused-ring (bicyclic) bond motifs is 1. The Kier molecular flexibility index (Phi) is 5.73. The van der Waals surface area contributed by atoms with Crippen molar-refractivity contribution in [1.29, 1.82) is 0 Å². The van der Waals surface area contributed by atoms with E-state index in [1.165, 1.54) is 0 Å². The first kappa shape index (κ1) is 22.3. The Morgan fingerprint density at radius 1 is 1.03 bits per heavy atom. The summed E-state index contributed by atoms with van der Waals surface area (Å²) in [5, 5.41) is 3.41. The lowest BCUT2D eigenvalue weighted by molar-refractivity contribution is -0.139. The summed E-state index contributed by atoms with van der Waals surface area (Å²) in [5.41, 5.74) is 0.203. The number of anilines is 1. The Balaban J connectivity index is 1.24. The number of carbonyl (C=O) groups is 3. The van der Waals surface area contributed by atoms with Gasteiger partial charge in [-0.1, -0.05) is 29.8 Å². The van der Waals surface area contributed by atoms with Crippen LogP contribution in [0.15, 0.2) is 42.5 Å². The fourth-order valence-corrected chi connectivity index (χ4v) is 4.79. The summed E-state index contributed by atoms with van der Waals surface area (Å²) < 4.78 is 11.2. The van der Waals surface area contributed by atoms with Gasteiger partial charge >= 0.3 is 6.03 Å². The molecule has 1 unspecified atom stereocenters. The molecule has 2 fully saturated rings. The minimum absolute atomic E-state index is 0.270. The highest BCUT2D eigenvalue weighted by molar-refractivity contribution is 6.33. The third-order valence-corrected chi connectivity index (χ3v) is 6.83. The van der Waals surface area contributed by atoms with E-state index < -0.39 is 17.5 Å². The van der Waals surface area contributed by atoms with Crippen LogP contribution in [0.3, 0.4) is 0 Å². The fraction of sp³-hybridized carbons (Fsp3) is 0.375. The smallest absolute Gasteiger partial charge is 0.325 e. The molecule has 9 nitrogen and oxygen atoms in total. The summed E-state index contributed by atoms with van der Waals surface area (Å²) in [6.45, 7) is 4.39. The Hall–Kier alpha value is -3.46. The van der Waals surface area contributed by atoms with Crippen molar-refractivity contribution in [3.05, 3.63) is 53.1 Å². The molecule has 4 amide bonds. The number of piperazine rings is 1. The van der Waals surface area contributed by atoms with Crippen molar-refractivity contribution in [2.24, 2.45) is 0 Å². The maximum Gasteiger partial charge on any atom is 0.325 e. The highest BCUT2D eigenvalue weighted by Gasteiger charge is 2.50. The number of urea groups is 1. The molecule has 5 rings (SSSR count). The lowest BCUT2D eigenvalue weighted by atomic mass is 9.91. The van der Waals surface area contributed by atoms with E-state index in [4.69, 9.17) is 21.1 Å². The topological polar surface area (TPSA) is 91.4 Å². The van der Waals surface area contributed by atoms with Crippen molar-refractivity contribution in [3.63, 3.8) is 0 Å². The van der Waals surface area contributed by atoms with Crippen LogP contribution in [0, 0.1) is 0 Å². The summed E-state index contributed by atoms with van der Waals surface area (Å²) in [6, 6.07) is 12.1. The van der Waals surface area contributed by atoms with E-state index in [1.54, 1.807) is 30.0 Å². The van der Waals surface area contributed by atoms with Gasteiger partial charge in [-0.2, -0.15) is 0 Å². The maximum atomic E-state index is 13.3. The second-order valence-electron chi connectivity index (χ2n) is 8.62. The minimum Gasteiger partial charge on any atom is -0.486 e. The largest absolute Gasteiger partial charge is 0.486 e. The third kappa shape index (κ3) is 3.90. The predicted octanol–water partition coefficient (Wildman–Crippen LogP) is 2.23. The van der Waals surface area contributed by atoms with E-state index in [9.17, 15) is 14.4 Å². The average molecular weight is 485 g/mol. The van der Waals surface area contributed by atoms with Crippen LogP contribution in [0.25, 0.3) is 0 Å². The zero-order valence-corrected chi connectivity index (χ0v) is 19.5. The second-order valence-corrected chi connectivity index (χ2v) is 9.03. The van der Waals surface area contributed by atoms with Crippen molar-refractivity contribution >= 4 is 35.1 Å². The van der Waals surface area contributed by atoms with Gasteiger partial charge in [-0.25, -0.2) is 4.79 Å². The van der Waals surface area contributed by atoms with Crippen LogP contribution in [0.4, 0.5) is 10.5 Å². The first-order chi connectivity index (χ1) is 16.4. The molecule has 2 aromatic carbocycles. The molecule has 1 atom stereocenters. The standard InChI is InChI=1S/C24H25ClN4O5/c1-24(16-6-7-19-20(14-16)34-13-12-33-19)22(31)29(23(32)26-24)15-21(30)28-10-8-27(9-11-28)18-5-3-2-4-17(18)25/h2-7,14H,8-13,15H2,1H3,(H,26,32). The highest BCUT2D eigenvalue weighted by atomic mass is 35.5. The lowest BCUT2D eigenvalue weighted by Gasteiger charge is -2.37. The zero-order chi connectivity index (χ0) is 23.9. The molecular weight excluding hydrogens is 460 g/mol. The quantitative estimate of drug-likeness (QED) is 0.669. The van der Waals surface area contributed by atoms with Crippen LogP contribution >= 0.6 is 11.6 Å². The number of benzene rings is 2. The number of ether oxygens (including phenoxy) is 2. The Morgan fingerprint density at radius 2 is 1.74 bits per heavy atom. The third-order valence-electron chi connectivity index (χ3n) is 6.51. The van der Waals surface area contributed by atoms with Gasteiger partial charge in [-0.05, 0) is 36.8 Å². The molecule has 0 aliphatic carbocycles. The fourth-order valence-electron chi connectivity index (χ4n) is 4.53. The summed E-state index contributed by atoms with van der Waals surface area (Å²) in [6.07, 6.45) is 0. The van der Waals surface area contributed by atoms with E-state index >= 15 is 0 Å². The van der Waals surface area contributed by atoms with Crippen LogP contribution < -0.4 is 19.7 Å². The molecule has 178 valence electrons. The van der Waals surface area contributed by atoms with Gasteiger partial charge in [-0.3, -0.25) is 14.5 Å². The van der Waals surface area contributed by atoms with Crippen molar-refractivity contribution in [1.82, 2.24) is 15.1 Å². The number of hydrogen-bond acceptors (Lipinski definition) is 6. The molecule has 3 aliphatic heterocycles. The number of para-hydroxylation sites is 1. The number of amides is 4. The van der Waals surface area contributed by atoms with Gasteiger partial charge in [0.15, 0.2) is 11.5 Å². The van der Waals surface area contributed by atoms with Gasteiger partial charge < -0.3 is 24.6 Å². The number of hydrogen-bond donors (Lipinski definition) is 1. The molecule has 0 radical (unpaired) electrons. The first-order valence-corrected chi connectivity index (χ1v) is 11.6. The van der Waals surface area contributed by atoms with Crippen molar-refractivity contribution in [3.8, 4) is 11.5 Å². The second kappa shape index (κ2) is 8.72. The lowest BCUT2D eigenvalue weighted by Crippen LogP contribution is -2.52. The van der Waals surface area contributed by atoms with Gasteiger partial charge in [0.2, 0.25) is 5.91 Å². The Labute approximate surface area is 202 Å². The number of nitrogens with zero attached hydrogens (tertiary/aromatic N) is 3.